The van der Waals surface area contributed by atoms with E-state index >= 15 is 0 Å². The number of hydrogen-bond donors (Lipinski definition) is 1. The van der Waals surface area contributed by atoms with E-state index in [1.165, 1.54) is 29.5 Å². The van der Waals surface area contributed by atoms with E-state index in [2.05, 4.69) is 10.5 Å². The minimum absolute atomic E-state index is 0.135. The summed E-state index contributed by atoms with van der Waals surface area (Å²) in [7, 11) is 0. The monoisotopic (exact) mass is 288 g/mol. The smallest absolute Gasteiger partial charge is 0.272 e. The average molecular weight is 288 g/mol. The van der Waals surface area contributed by atoms with Crippen molar-refractivity contribution in [2.24, 2.45) is 5.10 Å². The molecule has 0 atom stereocenters. The topological polar surface area (TPSA) is 54.6 Å². The first kappa shape index (κ1) is 13.1. The lowest BCUT2D eigenvalue weighted by atomic mass is 9.96. The van der Waals surface area contributed by atoms with Gasteiger partial charge in [0.05, 0.1) is 11.8 Å². The summed E-state index contributed by atoms with van der Waals surface area (Å²) in [5, 5.41) is 5.89. The fourth-order valence-corrected chi connectivity index (χ4v) is 3.55. The molecule has 0 spiro atoms. The second kappa shape index (κ2) is 5.63. The number of nitrogens with one attached hydrogen (secondary N) is 1. The second-order valence-electron chi connectivity index (χ2n) is 4.91. The molecule has 104 valence electrons. The summed E-state index contributed by atoms with van der Waals surface area (Å²) in [6.45, 7) is 1.87. The zero-order valence-electron chi connectivity index (χ0n) is 11.3. The average Bonchev–Trinajstić information content (AvgIpc) is 3.05. The van der Waals surface area contributed by atoms with Crippen molar-refractivity contribution in [1.29, 1.82) is 0 Å². The van der Waals surface area contributed by atoms with Gasteiger partial charge in [0.1, 0.15) is 11.5 Å². The predicted molar refractivity (Wildman–Crippen MR) is 79.5 cm³/mol. The Labute approximate surface area is 121 Å². The van der Waals surface area contributed by atoms with Crippen molar-refractivity contribution in [3.8, 4) is 0 Å². The van der Waals surface area contributed by atoms with Gasteiger partial charge in [-0.2, -0.15) is 5.10 Å². The highest BCUT2D eigenvalue weighted by atomic mass is 32.1. The number of thiophene rings is 1. The van der Waals surface area contributed by atoms with Crippen LogP contribution in [0.15, 0.2) is 27.0 Å². The van der Waals surface area contributed by atoms with Gasteiger partial charge in [-0.05, 0) is 50.3 Å². The minimum Gasteiger partial charge on any atom is -0.460 e. The van der Waals surface area contributed by atoms with Crippen LogP contribution in [0.4, 0.5) is 0 Å². The molecular formula is C15H16N2O2S. The van der Waals surface area contributed by atoms with E-state index in [9.17, 15) is 4.79 Å². The van der Waals surface area contributed by atoms with Crippen molar-refractivity contribution in [2.75, 3.05) is 0 Å². The van der Waals surface area contributed by atoms with Crippen LogP contribution in [0.5, 0.6) is 0 Å². The molecule has 0 bridgehead atoms. The molecule has 0 aromatic carbocycles. The molecule has 1 aliphatic carbocycles. The second-order valence-corrected chi connectivity index (χ2v) is 5.87. The van der Waals surface area contributed by atoms with Crippen molar-refractivity contribution >= 4 is 23.5 Å². The summed E-state index contributed by atoms with van der Waals surface area (Å²) in [4.78, 5) is 13.5. The van der Waals surface area contributed by atoms with E-state index in [0.29, 0.717) is 5.76 Å². The summed E-state index contributed by atoms with van der Waals surface area (Å²) in [6, 6.07) is 3.68. The Morgan fingerprint density at radius 1 is 1.40 bits per heavy atom. The van der Waals surface area contributed by atoms with Crippen LogP contribution in [0, 0.1) is 6.92 Å². The maximum Gasteiger partial charge on any atom is 0.272 e. The Morgan fingerprint density at radius 2 is 2.25 bits per heavy atom. The number of fused-ring (bicyclic) bond motifs is 1. The Bertz CT molecular complexity index is 655. The number of hydrogen-bond acceptors (Lipinski definition) is 4. The van der Waals surface area contributed by atoms with Crippen LogP contribution < -0.4 is 5.43 Å². The van der Waals surface area contributed by atoms with Gasteiger partial charge >= 0.3 is 0 Å². The van der Waals surface area contributed by atoms with Gasteiger partial charge in [0.2, 0.25) is 0 Å². The minimum atomic E-state index is -0.135. The molecule has 0 aliphatic heterocycles. The van der Waals surface area contributed by atoms with Gasteiger partial charge in [-0.15, -0.1) is 11.3 Å². The van der Waals surface area contributed by atoms with Gasteiger partial charge in [-0.1, -0.05) is 0 Å². The summed E-state index contributed by atoms with van der Waals surface area (Å²) in [5.74, 6) is 1.32. The third-order valence-corrected chi connectivity index (χ3v) is 4.51. The number of amides is 1. The van der Waals surface area contributed by atoms with Crippen molar-refractivity contribution in [3.63, 3.8) is 0 Å². The molecule has 20 heavy (non-hydrogen) atoms. The molecule has 1 amide bonds. The number of nitrogens with zero attached hydrogens (tertiary/aromatic N) is 1. The third kappa shape index (κ3) is 2.67. The van der Waals surface area contributed by atoms with E-state index in [4.69, 9.17) is 4.42 Å². The first-order valence-electron chi connectivity index (χ1n) is 6.73. The first-order chi connectivity index (χ1) is 9.74. The highest BCUT2D eigenvalue weighted by Gasteiger charge is 2.19. The molecule has 5 heteroatoms. The number of hydrazone groups is 1. The van der Waals surface area contributed by atoms with E-state index < -0.39 is 0 Å². The van der Waals surface area contributed by atoms with Gasteiger partial charge in [0.15, 0.2) is 0 Å². The highest BCUT2D eigenvalue weighted by molar-refractivity contribution is 7.10. The molecule has 1 N–H and O–H groups in total. The molecule has 0 saturated carbocycles. The molecule has 2 aromatic heterocycles. The van der Waals surface area contributed by atoms with E-state index in [-0.39, 0.29) is 5.91 Å². The number of carbonyl (C=O) groups is 1. The van der Waals surface area contributed by atoms with Crippen molar-refractivity contribution in [3.05, 3.63) is 45.0 Å². The SMILES string of the molecule is Cc1ccc(/C=N\NC(=O)c2csc3c2CCCC3)o1. The van der Waals surface area contributed by atoms with Gasteiger partial charge in [0.25, 0.3) is 5.91 Å². The summed E-state index contributed by atoms with van der Waals surface area (Å²) >= 11 is 1.68. The van der Waals surface area contributed by atoms with Gasteiger partial charge in [-0.3, -0.25) is 4.79 Å². The third-order valence-electron chi connectivity index (χ3n) is 3.43. The number of rotatable bonds is 3. The number of furan rings is 1. The quantitative estimate of drug-likeness (QED) is 0.696. The lowest BCUT2D eigenvalue weighted by Crippen LogP contribution is -2.19. The molecule has 1 aliphatic rings. The number of aryl methyl sites for hydroxylation is 2. The zero-order chi connectivity index (χ0) is 13.9. The summed E-state index contributed by atoms with van der Waals surface area (Å²) in [6.07, 6.45) is 6.01. The lowest BCUT2D eigenvalue weighted by Gasteiger charge is -2.11. The standard InChI is InChI=1S/C15H16N2O2S/c1-10-6-7-11(19-10)8-16-17-15(18)13-9-20-14-5-3-2-4-12(13)14/h6-9H,2-5H2,1H3,(H,17,18)/b16-8-. The normalized spacial score (nSPS) is 14.4. The Balaban J connectivity index is 1.67. The Hall–Kier alpha value is -1.88. The largest absolute Gasteiger partial charge is 0.460 e. The molecule has 4 nitrogen and oxygen atoms in total. The van der Waals surface area contributed by atoms with Crippen LogP contribution in [-0.2, 0) is 12.8 Å². The fraction of sp³-hybridized carbons (Fsp3) is 0.333. The zero-order valence-corrected chi connectivity index (χ0v) is 12.1. The fourth-order valence-electron chi connectivity index (χ4n) is 2.42. The van der Waals surface area contributed by atoms with Crippen LogP contribution in [0.25, 0.3) is 0 Å². The first-order valence-corrected chi connectivity index (χ1v) is 7.61. The maximum atomic E-state index is 12.1. The van der Waals surface area contributed by atoms with Gasteiger partial charge in [-0.25, -0.2) is 5.43 Å². The van der Waals surface area contributed by atoms with Crippen LogP contribution in [0.2, 0.25) is 0 Å². The maximum absolute atomic E-state index is 12.1. The molecular weight excluding hydrogens is 272 g/mol. The van der Waals surface area contributed by atoms with Crippen LogP contribution in [0.3, 0.4) is 0 Å². The molecule has 2 heterocycles. The van der Waals surface area contributed by atoms with E-state index in [1.54, 1.807) is 11.3 Å². The van der Waals surface area contributed by atoms with Crippen molar-refractivity contribution in [1.82, 2.24) is 5.43 Å². The van der Waals surface area contributed by atoms with E-state index in [1.807, 2.05) is 24.4 Å². The number of carbonyl (C=O) groups excluding carboxylic acids is 1. The van der Waals surface area contributed by atoms with Gasteiger partial charge < -0.3 is 4.42 Å². The Kier molecular flexibility index (Phi) is 3.69. The van der Waals surface area contributed by atoms with Gasteiger partial charge in [0, 0.05) is 10.3 Å². The predicted octanol–water partition coefficient (Wildman–Crippen LogP) is 3.29. The Morgan fingerprint density at radius 3 is 3.05 bits per heavy atom. The summed E-state index contributed by atoms with van der Waals surface area (Å²) < 4.78 is 5.35. The molecule has 0 radical (unpaired) electrons. The molecule has 0 unspecified atom stereocenters. The molecule has 3 rings (SSSR count). The van der Waals surface area contributed by atoms with E-state index in [0.717, 1.165) is 24.2 Å². The van der Waals surface area contributed by atoms with Crippen LogP contribution in [0.1, 0.15) is 45.2 Å². The van der Waals surface area contributed by atoms with Crippen LogP contribution >= 0.6 is 11.3 Å². The van der Waals surface area contributed by atoms with Crippen molar-refractivity contribution < 1.29 is 9.21 Å². The molecule has 0 fully saturated rings. The highest BCUT2D eigenvalue weighted by Crippen LogP contribution is 2.30. The molecule has 2 aromatic rings. The lowest BCUT2D eigenvalue weighted by molar-refractivity contribution is 0.0954. The van der Waals surface area contributed by atoms with Crippen LogP contribution in [-0.4, -0.2) is 12.1 Å². The summed E-state index contributed by atoms with van der Waals surface area (Å²) in [5.41, 5.74) is 4.56. The molecule has 0 saturated heterocycles. The van der Waals surface area contributed by atoms with Crippen molar-refractivity contribution in [2.45, 2.75) is 32.6 Å².